The zero-order valence-electron chi connectivity index (χ0n) is 31.4. The summed E-state index contributed by atoms with van der Waals surface area (Å²) in [4.78, 5) is 0. The summed E-state index contributed by atoms with van der Waals surface area (Å²) in [7, 11) is 0. The van der Waals surface area contributed by atoms with Gasteiger partial charge in [0.2, 0.25) is 0 Å². The standard InChI is InChI=1S/C54H34N2O2/c1-2-12-36(13-3-1)55-47-18-8-4-14-38(47)43-28-33(22-25-49(43)55)35-30-42(54-46(31-35)41-17-7-11-21-52(41)58-54)34-23-26-50-44(29-34)39-15-5-9-19-48(39)56(50)37-24-27-53-45(32-37)40-16-6-10-20-51(40)57-53/h1-30,32,35H,31H2. The number of rotatable bonds is 4. The number of furan rings is 2. The van der Waals surface area contributed by atoms with Crippen LogP contribution in [0.3, 0.4) is 0 Å². The van der Waals surface area contributed by atoms with Crippen LogP contribution in [0, 0.1) is 0 Å². The number of aromatic nitrogens is 2. The van der Waals surface area contributed by atoms with Crippen molar-refractivity contribution in [3.63, 3.8) is 0 Å². The van der Waals surface area contributed by atoms with Gasteiger partial charge in [0.25, 0.3) is 0 Å². The van der Waals surface area contributed by atoms with Crippen LogP contribution in [0.1, 0.15) is 28.4 Å². The molecule has 13 rings (SSSR count). The highest BCUT2D eigenvalue weighted by Gasteiger charge is 2.29. The Bertz CT molecular complexity index is 3670. The number of hydrogen-bond donors (Lipinski definition) is 0. The van der Waals surface area contributed by atoms with Crippen molar-refractivity contribution < 1.29 is 8.83 Å². The third-order valence-corrected chi connectivity index (χ3v) is 12.5. The number of para-hydroxylation sites is 5. The fourth-order valence-electron chi connectivity index (χ4n) is 9.86. The van der Waals surface area contributed by atoms with Crippen molar-refractivity contribution in [3.05, 3.63) is 211 Å². The maximum absolute atomic E-state index is 6.78. The Morgan fingerprint density at radius 2 is 0.983 bits per heavy atom. The maximum Gasteiger partial charge on any atom is 0.138 e. The van der Waals surface area contributed by atoms with Crippen molar-refractivity contribution in [2.75, 3.05) is 0 Å². The first-order valence-corrected chi connectivity index (χ1v) is 20.0. The van der Waals surface area contributed by atoms with Crippen molar-refractivity contribution in [2.24, 2.45) is 0 Å². The third-order valence-electron chi connectivity index (χ3n) is 12.5. The van der Waals surface area contributed by atoms with E-state index in [0.29, 0.717) is 0 Å². The van der Waals surface area contributed by atoms with Gasteiger partial charge in [0, 0.05) is 66.1 Å². The number of nitrogens with zero attached hydrogens (tertiary/aromatic N) is 2. The quantitative estimate of drug-likeness (QED) is 0.180. The molecule has 0 N–H and O–H groups in total. The fraction of sp³-hybridized carbons (Fsp3) is 0.0370. The summed E-state index contributed by atoms with van der Waals surface area (Å²) in [6.07, 6.45) is 3.33. The normalized spacial score (nSPS) is 14.4. The second kappa shape index (κ2) is 12.0. The molecule has 4 nitrogen and oxygen atoms in total. The van der Waals surface area contributed by atoms with Gasteiger partial charge < -0.3 is 18.0 Å². The first kappa shape index (κ1) is 31.6. The van der Waals surface area contributed by atoms with Gasteiger partial charge >= 0.3 is 0 Å². The second-order valence-corrected chi connectivity index (χ2v) is 15.6. The summed E-state index contributed by atoms with van der Waals surface area (Å²) >= 11 is 0. The number of benzene rings is 8. The lowest BCUT2D eigenvalue weighted by atomic mass is 9.81. The van der Waals surface area contributed by atoms with Crippen LogP contribution in [-0.2, 0) is 6.42 Å². The topological polar surface area (TPSA) is 36.1 Å². The Hall–Kier alpha value is -7.56. The van der Waals surface area contributed by atoms with Gasteiger partial charge in [0.15, 0.2) is 0 Å². The molecule has 0 aliphatic heterocycles. The molecule has 12 aromatic rings. The highest BCUT2D eigenvalue weighted by Crippen LogP contribution is 2.45. The molecule has 0 saturated carbocycles. The van der Waals surface area contributed by atoms with E-state index in [2.05, 4.69) is 185 Å². The molecular formula is C54H34N2O2. The monoisotopic (exact) mass is 742 g/mol. The molecule has 8 aromatic carbocycles. The van der Waals surface area contributed by atoms with E-state index in [0.717, 1.165) is 62.0 Å². The molecular weight excluding hydrogens is 709 g/mol. The summed E-state index contributed by atoms with van der Waals surface area (Å²) in [5.41, 5.74) is 14.6. The van der Waals surface area contributed by atoms with E-state index in [4.69, 9.17) is 8.83 Å². The SMILES string of the molecule is C1=C(c2ccc3c(c2)c2ccccc2n3-c2ccc3oc4ccccc4c3c2)c2oc3ccccc3c2CC1c1ccc2c(c1)c1ccccc1n2-c1ccccc1. The maximum atomic E-state index is 6.78. The van der Waals surface area contributed by atoms with Crippen LogP contribution in [0.25, 0.3) is 93.5 Å². The molecule has 1 aliphatic carbocycles. The molecule has 0 radical (unpaired) electrons. The van der Waals surface area contributed by atoms with Gasteiger partial charge in [0.1, 0.15) is 22.5 Å². The molecule has 1 atom stereocenters. The summed E-state index contributed by atoms with van der Waals surface area (Å²) in [5, 5.41) is 8.40. The highest BCUT2D eigenvalue weighted by molar-refractivity contribution is 6.12. The van der Waals surface area contributed by atoms with E-state index >= 15 is 0 Å². The first-order valence-electron chi connectivity index (χ1n) is 20.0. The number of hydrogen-bond acceptors (Lipinski definition) is 2. The second-order valence-electron chi connectivity index (χ2n) is 15.6. The van der Waals surface area contributed by atoms with Gasteiger partial charge in [-0.05, 0) is 96.4 Å². The Morgan fingerprint density at radius 1 is 0.397 bits per heavy atom. The van der Waals surface area contributed by atoms with Crippen LogP contribution in [0.2, 0.25) is 0 Å². The van der Waals surface area contributed by atoms with Crippen LogP contribution in [0.5, 0.6) is 0 Å². The first-order chi connectivity index (χ1) is 28.7. The molecule has 1 aliphatic rings. The summed E-state index contributed by atoms with van der Waals surface area (Å²) < 4.78 is 17.8. The van der Waals surface area contributed by atoms with Gasteiger partial charge in [-0.2, -0.15) is 0 Å². The van der Waals surface area contributed by atoms with E-state index < -0.39 is 0 Å². The van der Waals surface area contributed by atoms with E-state index in [1.165, 1.54) is 60.3 Å². The van der Waals surface area contributed by atoms with E-state index in [1.807, 2.05) is 12.1 Å². The Kier molecular flexibility index (Phi) is 6.53. The smallest absolute Gasteiger partial charge is 0.138 e. The molecule has 0 spiro atoms. The summed E-state index contributed by atoms with van der Waals surface area (Å²) in [5.74, 6) is 1.12. The molecule has 4 heteroatoms. The van der Waals surface area contributed by atoms with Gasteiger partial charge in [-0.3, -0.25) is 0 Å². The Balaban J connectivity index is 1.000. The van der Waals surface area contributed by atoms with Crippen molar-refractivity contribution in [2.45, 2.75) is 12.3 Å². The molecule has 1 unspecified atom stereocenters. The zero-order valence-corrected chi connectivity index (χ0v) is 31.4. The van der Waals surface area contributed by atoms with Crippen LogP contribution in [0.15, 0.2) is 197 Å². The Labute approximate surface area is 333 Å². The van der Waals surface area contributed by atoms with Gasteiger partial charge in [-0.25, -0.2) is 0 Å². The van der Waals surface area contributed by atoms with Crippen molar-refractivity contribution >= 4 is 82.1 Å². The van der Waals surface area contributed by atoms with Crippen LogP contribution in [0.4, 0.5) is 0 Å². The minimum absolute atomic E-state index is 0.153. The molecule has 0 amide bonds. The number of fused-ring (bicyclic) bond motifs is 12. The average Bonchev–Trinajstić information content (AvgIpc) is 4.03. The molecule has 0 saturated heterocycles. The van der Waals surface area contributed by atoms with E-state index in [9.17, 15) is 0 Å². The van der Waals surface area contributed by atoms with Crippen LogP contribution >= 0.6 is 0 Å². The lowest BCUT2D eigenvalue weighted by Gasteiger charge is -2.22. The van der Waals surface area contributed by atoms with E-state index in [-0.39, 0.29) is 5.92 Å². The molecule has 58 heavy (non-hydrogen) atoms. The average molecular weight is 743 g/mol. The molecule has 4 heterocycles. The van der Waals surface area contributed by atoms with Crippen molar-refractivity contribution in [3.8, 4) is 11.4 Å². The molecule has 272 valence electrons. The summed E-state index contributed by atoms with van der Waals surface area (Å²) in [6.45, 7) is 0. The fourth-order valence-corrected chi connectivity index (χ4v) is 9.86. The van der Waals surface area contributed by atoms with Crippen molar-refractivity contribution in [1.82, 2.24) is 9.13 Å². The molecule has 0 fully saturated rings. The van der Waals surface area contributed by atoms with E-state index in [1.54, 1.807) is 0 Å². The van der Waals surface area contributed by atoms with Gasteiger partial charge in [-0.15, -0.1) is 0 Å². The lowest BCUT2D eigenvalue weighted by molar-refractivity contribution is 0.587. The number of allylic oxidation sites excluding steroid dienone is 1. The predicted octanol–water partition coefficient (Wildman–Crippen LogP) is 14.3. The summed E-state index contributed by atoms with van der Waals surface area (Å²) in [6, 6.07) is 65.6. The van der Waals surface area contributed by atoms with Crippen molar-refractivity contribution in [1.29, 1.82) is 0 Å². The predicted molar refractivity (Wildman–Crippen MR) is 239 cm³/mol. The third kappa shape index (κ3) is 4.51. The van der Waals surface area contributed by atoms with Crippen LogP contribution in [-0.4, -0.2) is 9.13 Å². The van der Waals surface area contributed by atoms with Gasteiger partial charge in [-0.1, -0.05) is 109 Å². The highest BCUT2D eigenvalue weighted by atomic mass is 16.3. The van der Waals surface area contributed by atoms with Gasteiger partial charge in [0.05, 0.1) is 22.1 Å². The zero-order chi connectivity index (χ0) is 37.9. The molecule has 4 aromatic heterocycles. The van der Waals surface area contributed by atoms with Crippen LogP contribution < -0.4 is 0 Å². The largest absolute Gasteiger partial charge is 0.456 e. The minimum Gasteiger partial charge on any atom is -0.456 e. The lowest BCUT2D eigenvalue weighted by Crippen LogP contribution is -2.08. The minimum atomic E-state index is 0.153. The molecule has 0 bridgehead atoms. The Morgan fingerprint density at radius 3 is 1.76 bits per heavy atom.